The number of carbonyl (C=O) groups is 2. The molecule has 14 nitrogen and oxygen atoms in total. The Kier molecular flexibility index (Phi) is 15.0. The van der Waals surface area contributed by atoms with Gasteiger partial charge in [-0.15, -0.1) is 0 Å². The molecular weight excluding hydrogens is 817 g/mol. The SMILES string of the molecule is Cc1ccc(C(=O)NC(=NC(C)(C)C)Nc2cc(-c3cccc(O)c3)[nH]n2)cc1.Cc1ccc(C(=O)NC(=NC(C)(C)C)Nc2cc(-c3cccc(OCc4ccccc4)c3)[nH]n2)cc1. The van der Waals surface area contributed by atoms with Gasteiger partial charge in [0.05, 0.1) is 22.5 Å². The molecule has 7 N–H and O–H groups in total. The number of hydrogen-bond donors (Lipinski definition) is 7. The van der Waals surface area contributed by atoms with Crippen molar-refractivity contribution < 1.29 is 19.4 Å². The molecule has 7 rings (SSSR count). The van der Waals surface area contributed by atoms with Crippen molar-refractivity contribution >= 4 is 35.4 Å². The number of benzene rings is 5. The Balaban J connectivity index is 0.000000221. The fourth-order valence-corrected chi connectivity index (χ4v) is 6.09. The fourth-order valence-electron chi connectivity index (χ4n) is 6.09. The Morgan fingerprint density at radius 2 is 1.05 bits per heavy atom. The maximum Gasteiger partial charge on any atom is 0.257 e. The van der Waals surface area contributed by atoms with E-state index in [0.29, 0.717) is 41.3 Å². The molecule has 0 unspecified atom stereocenters. The van der Waals surface area contributed by atoms with Crippen LogP contribution in [0.1, 0.15) is 78.9 Å². The van der Waals surface area contributed by atoms with E-state index < -0.39 is 11.1 Å². The van der Waals surface area contributed by atoms with Gasteiger partial charge in [-0.2, -0.15) is 10.2 Å². The summed E-state index contributed by atoms with van der Waals surface area (Å²) in [5, 5.41) is 36.1. The maximum atomic E-state index is 12.8. The number of phenols is 1. The van der Waals surface area contributed by atoms with Crippen molar-refractivity contribution in [3.8, 4) is 34.0 Å². The molecule has 0 bridgehead atoms. The molecule has 14 heteroatoms. The van der Waals surface area contributed by atoms with E-state index in [1.165, 1.54) is 0 Å². The fraction of sp³-hybridized carbons (Fsp3) is 0.216. The lowest BCUT2D eigenvalue weighted by atomic mass is 10.1. The zero-order chi connectivity index (χ0) is 46.6. The Bertz CT molecular complexity index is 2740. The Morgan fingerprint density at radius 3 is 1.51 bits per heavy atom. The summed E-state index contributed by atoms with van der Waals surface area (Å²) in [6, 6.07) is 43.1. The normalized spacial score (nSPS) is 11.8. The minimum atomic E-state index is -0.410. The minimum Gasteiger partial charge on any atom is -0.508 e. The third kappa shape index (κ3) is 14.8. The molecule has 2 aromatic heterocycles. The van der Waals surface area contributed by atoms with Gasteiger partial charge in [-0.05, 0) is 109 Å². The first-order valence-electron chi connectivity index (χ1n) is 21.1. The number of aliphatic imine (C=N–C) groups is 2. The second-order valence-electron chi connectivity index (χ2n) is 17.3. The first-order chi connectivity index (χ1) is 30.9. The van der Waals surface area contributed by atoms with Crippen LogP contribution < -0.4 is 26.0 Å². The van der Waals surface area contributed by atoms with Crippen LogP contribution in [0.15, 0.2) is 150 Å². The summed E-state index contributed by atoms with van der Waals surface area (Å²) in [6.07, 6.45) is 0. The van der Waals surface area contributed by atoms with Crippen LogP contribution >= 0.6 is 0 Å². The van der Waals surface area contributed by atoms with Gasteiger partial charge in [0.1, 0.15) is 18.1 Å². The second-order valence-corrected chi connectivity index (χ2v) is 17.3. The van der Waals surface area contributed by atoms with E-state index in [2.05, 4.69) is 51.6 Å². The van der Waals surface area contributed by atoms with Crippen molar-refractivity contribution in [1.82, 2.24) is 31.0 Å². The predicted molar refractivity (Wildman–Crippen MR) is 259 cm³/mol. The van der Waals surface area contributed by atoms with Gasteiger partial charge in [-0.25, -0.2) is 9.98 Å². The smallest absolute Gasteiger partial charge is 0.257 e. The van der Waals surface area contributed by atoms with Gasteiger partial charge < -0.3 is 20.5 Å². The van der Waals surface area contributed by atoms with Gasteiger partial charge in [-0.3, -0.25) is 30.4 Å². The highest BCUT2D eigenvalue weighted by Gasteiger charge is 2.18. The van der Waals surface area contributed by atoms with Crippen LogP contribution in [0.4, 0.5) is 11.6 Å². The highest BCUT2D eigenvalue weighted by Crippen LogP contribution is 2.26. The summed E-state index contributed by atoms with van der Waals surface area (Å²) in [5.74, 6) is 2.09. The van der Waals surface area contributed by atoms with Crippen LogP contribution in [0, 0.1) is 13.8 Å². The summed E-state index contributed by atoms with van der Waals surface area (Å²) in [7, 11) is 0. The standard InChI is InChI=1S/C29H31N5O2.C22H25N5O2/c1-20-13-15-22(16-14-20)27(35)31-28(32-29(2,3)4)30-26-18-25(33-34-26)23-11-8-12-24(17-23)36-19-21-9-6-5-7-10-21;1-14-8-10-15(11-9-14)20(29)24-21(25-22(2,3)4)23-19-13-18(26-27-19)16-6-5-7-17(28)12-16/h5-18H,19H2,1-4H3,(H3,30,31,32,33,34,35);5-13,28H,1-4H3,(H3,23,24,25,26,27,29). The summed E-state index contributed by atoms with van der Waals surface area (Å²) in [5.41, 5.74) is 6.81. The van der Waals surface area contributed by atoms with Crippen molar-refractivity contribution in [2.24, 2.45) is 9.98 Å². The number of aromatic hydroxyl groups is 1. The number of nitrogens with zero attached hydrogens (tertiary/aromatic N) is 4. The van der Waals surface area contributed by atoms with Crippen LogP contribution in [0.3, 0.4) is 0 Å². The molecule has 65 heavy (non-hydrogen) atoms. The van der Waals surface area contributed by atoms with E-state index in [0.717, 1.165) is 45.0 Å². The first kappa shape index (κ1) is 46.5. The summed E-state index contributed by atoms with van der Waals surface area (Å²) >= 11 is 0. The minimum absolute atomic E-state index is 0.173. The van der Waals surface area contributed by atoms with Crippen molar-refractivity contribution in [3.05, 3.63) is 167 Å². The average Bonchev–Trinajstić information content (AvgIpc) is 3.93. The van der Waals surface area contributed by atoms with Crippen LogP contribution in [0.2, 0.25) is 0 Å². The Hall–Kier alpha value is -8.00. The predicted octanol–water partition coefficient (Wildman–Crippen LogP) is 10.0. The molecule has 0 radical (unpaired) electrons. The molecule has 2 amide bonds. The highest BCUT2D eigenvalue weighted by molar-refractivity contribution is 6.10. The van der Waals surface area contributed by atoms with Gasteiger partial charge >= 0.3 is 0 Å². The summed E-state index contributed by atoms with van der Waals surface area (Å²) < 4.78 is 5.96. The Labute approximate surface area is 379 Å². The average molecular weight is 873 g/mol. The maximum absolute atomic E-state index is 12.8. The van der Waals surface area contributed by atoms with E-state index in [1.54, 1.807) is 48.5 Å². The number of phenolic OH excluding ortho intramolecular Hbond substituents is 1. The van der Waals surface area contributed by atoms with Crippen LogP contribution in [0.25, 0.3) is 22.5 Å². The summed E-state index contributed by atoms with van der Waals surface area (Å²) in [4.78, 5) is 34.6. The first-order valence-corrected chi connectivity index (χ1v) is 21.1. The van der Waals surface area contributed by atoms with Gasteiger partial charge in [0.25, 0.3) is 11.8 Å². The number of aromatic nitrogens is 4. The monoisotopic (exact) mass is 872 g/mol. The number of rotatable bonds is 9. The number of ether oxygens (including phenoxy) is 1. The van der Waals surface area contributed by atoms with Gasteiger partial charge in [0, 0.05) is 34.4 Å². The van der Waals surface area contributed by atoms with Gasteiger partial charge in [-0.1, -0.05) is 90.0 Å². The molecule has 0 saturated heterocycles. The lowest BCUT2D eigenvalue weighted by molar-refractivity contribution is 0.0968. The number of H-pyrrole nitrogens is 2. The van der Waals surface area contributed by atoms with Gasteiger partial charge in [0.2, 0.25) is 11.9 Å². The molecule has 2 heterocycles. The Morgan fingerprint density at radius 1 is 0.585 bits per heavy atom. The number of guanidine groups is 2. The van der Waals surface area contributed by atoms with Crippen LogP contribution in [-0.4, -0.2) is 60.3 Å². The molecule has 0 saturated carbocycles. The molecule has 0 aliphatic heterocycles. The summed E-state index contributed by atoms with van der Waals surface area (Å²) in [6.45, 7) is 16.2. The van der Waals surface area contributed by atoms with E-state index in [-0.39, 0.29) is 17.6 Å². The van der Waals surface area contributed by atoms with E-state index >= 15 is 0 Å². The molecule has 334 valence electrons. The molecule has 7 aromatic rings. The molecule has 0 aliphatic rings. The molecule has 0 spiro atoms. The number of amides is 2. The number of aromatic amines is 2. The van der Waals surface area contributed by atoms with Crippen LogP contribution in [0.5, 0.6) is 11.5 Å². The molecule has 0 fully saturated rings. The number of anilines is 2. The third-order valence-electron chi connectivity index (χ3n) is 9.18. The molecule has 5 aromatic carbocycles. The molecule has 0 atom stereocenters. The topological polar surface area (TPSA) is 194 Å². The van der Waals surface area contributed by atoms with E-state index in [1.807, 2.05) is 146 Å². The zero-order valence-electron chi connectivity index (χ0n) is 37.9. The number of aryl methyl sites for hydroxylation is 2. The third-order valence-corrected chi connectivity index (χ3v) is 9.18. The highest BCUT2D eigenvalue weighted by atomic mass is 16.5. The largest absolute Gasteiger partial charge is 0.508 e. The quantitative estimate of drug-likeness (QED) is 0.0550. The van der Waals surface area contributed by atoms with Gasteiger partial charge in [0.15, 0.2) is 11.6 Å². The van der Waals surface area contributed by atoms with E-state index in [9.17, 15) is 14.7 Å². The van der Waals surface area contributed by atoms with Crippen molar-refractivity contribution in [2.45, 2.75) is 73.1 Å². The zero-order valence-corrected chi connectivity index (χ0v) is 37.9. The van der Waals surface area contributed by atoms with E-state index in [4.69, 9.17) is 4.74 Å². The number of hydrogen-bond acceptors (Lipinski definition) is 8. The van der Waals surface area contributed by atoms with Crippen molar-refractivity contribution in [2.75, 3.05) is 10.6 Å². The number of carbonyl (C=O) groups excluding carboxylic acids is 2. The van der Waals surface area contributed by atoms with Crippen molar-refractivity contribution in [3.63, 3.8) is 0 Å². The molecular formula is C51H56N10O4. The number of nitrogens with one attached hydrogen (secondary N) is 6. The lowest BCUT2D eigenvalue weighted by Gasteiger charge is -2.17. The molecule has 0 aliphatic carbocycles. The second kappa shape index (κ2) is 20.9. The lowest BCUT2D eigenvalue weighted by Crippen LogP contribution is -2.38. The van der Waals surface area contributed by atoms with Crippen LogP contribution in [-0.2, 0) is 6.61 Å². The van der Waals surface area contributed by atoms with Crippen molar-refractivity contribution in [1.29, 1.82) is 0 Å².